The number of hydrogen-bond donors (Lipinski definition) is 1. The van der Waals surface area contributed by atoms with Crippen LogP contribution in [-0.4, -0.2) is 16.3 Å². The lowest BCUT2D eigenvalue weighted by atomic mass is 10.0. The molecule has 1 aliphatic heterocycles. The zero-order valence-corrected chi connectivity index (χ0v) is 11.7. The molecule has 1 aromatic heterocycles. The van der Waals surface area contributed by atoms with Gasteiger partial charge in [0.1, 0.15) is 5.75 Å². The first-order valence-electron chi connectivity index (χ1n) is 7.26. The van der Waals surface area contributed by atoms with Gasteiger partial charge in [-0.1, -0.05) is 30.3 Å². The van der Waals surface area contributed by atoms with Crippen LogP contribution in [-0.2, 0) is 13.2 Å². The Labute approximate surface area is 123 Å². The summed E-state index contributed by atoms with van der Waals surface area (Å²) < 4.78 is 8.02. The van der Waals surface area contributed by atoms with Gasteiger partial charge in [0.15, 0.2) is 0 Å². The molecule has 1 atom stereocenters. The Morgan fingerprint density at radius 1 is 1.10 bits per heavy atom. The molecule has 1 N–H and O–H groups in total. The lowest BCUT2D eigenvalue weighted by Crippen LogP contribution is -2.09. The number of aromatic nitrogens is 1. The van der Waals surface area contributed by atoms with Gasteiger partial charge in [0.05, 0.1) is 13.2 Å². The molecule has 4 rings (SSSR count). The second kappa shape index (κ2) is 4.93. The smallest absolute Gasteiger partial charge is 0.122 e. The van der Waals surface area contributed by atoms with Gasteiger partial charge in [0, 0.05) is 35.1 Å². The molecular formula is C18H17NO2. The van der Waals surface area contributed by atoms with Crippen molar-refractivity contribution in [2.24, 2.45) is 0 Å². The third-order valence-electron chi connectivity index (χ3n) is 4.29. The molecule has 3 nitrogen and oxygen atoms in total. The highest BCUT2D eigenvalue weighted by molar-refractivity contribution is 5.83. The van der Waals surface area contributed by atoms with Crippen LogP contribution in [0.5, 0.6) is 5.75 Å². The second-order valence-corrected chi connectivity index (χ2v) is 5.52. The predicted molar refractivity (Wildman–Crippen MR) is 82.5 cm³/mol. The number of para-hydroxylation sites is 1. The molecule has 0 saturated heterocycles. The van der Waals surface area contributed by atoms with Crippen molar-refractivity contribution < 1.29 is 9.84 Å². The van der Waals surface area contributed by atoms with E-state index in [0.717, 1.165) is 29.9 Å². The molecule has 1 unspecified atom stereocenters. The van der Waals surface area contributed by atoms with E-state index in [9.17, 15) is 5.11 Å². The van der Waals surface area contributed by atoms with E-state index in [0.29, 0.717) is 5.92 Å². The van der Waals surface area contributed by atoms with E-state index in [4.69, 9.17) is 4.74 Å². The summed E-state index contributed by atoms with van der Waals surface area (Å²) >= 11 is 0. The minimum Gasteiger partial charge on any atom is -0.493 e. The van der Waals surface area contributed by atoms with E-state index in [-0.39, 0.29) is 6.61 Å². The summed E-state index contributed by atoms with van der Waals surface area (Å²) in [4.78, 5) is 0. The van der Waals surface area contributed by atoms with Crippen molar-refractivity contribution in [3.63, 3.8) is 0 Å². The average Bonchev–Trinajstić information content (AvgIpc) is 3.13. The van der Waals surface area contributed by atoms with Crippen LogP contribution in [0.1, 0.15) is 17.0 Å². The minimum atomic E-state index is 0.0801. The molecule has 3 heteroatoms. The molecule has 0 amide bonds. The molecule has 3 aromatic rings. The van der Waals surface area contributed by atoms with Gasteiger partial charge in [0.2, 0.25) is 0 Å². The fourth-order valence-corrected chi connectivity index (χ4v) is 3.20. The molecule has 0 fully saturated rings. The molecule has 2 aromatic carbocycles. The molecule has 0 aliphatic carbocycles. The average molecular weight is 279 g/mol. The maximum atomic E-state index is 9.43. The number of fused-ring (bicyclic) bond motifs is 2. The molecular weight excluding hydrogens is 262 g/mol. The maximum Gasteiger partial charge on any atom is 0.122 e. The van der Waals surface area contributed by atoms with Crippen molar-refractivity contribution in [2.75, 3.05) is 6.61 Å². The Morgan fingerprint density at radius 2 is 2.00 bits per heavy atom. The van der Waals surface area contributed by atoms with Crippen LogP contribution in [0.3, 0.4) is 0 Å². The number of aliphatic hydroxyl groups excluding tert-OH is 1. The normalized spacial score (nSPS) is 16.9. The summed E-state index contributed by atoms with van der Waals surface area (Å²) in [5.74, 6) is 1.39. The first-order chi connectivity index (χ1) is 10.4. The van der Waals surface area contributed by atoms with E-state index >= 15 is 0 Å². The Morgan fingerprint density at radius 3 is 2.90 bits per heavy atom. The highest BCUT2D eigenvalue weighted by Gasteiger charge is 2.24. The Hall–Kier alpha value is -2.26. The van der Waals surface area contributed by atoms with Crippen LogP contribution in [0, 0.1) is 0 Å². The molecule has 0 radical (unpaired) electrons. The van der Waals surface area contributed by atoms with Crippen molar-refractivity contribution in [3.8, 4) is 5.75 Å². The molecule has 0 spiro atoms. The SMILES string of the molecule is OCc1cccc2c1ccn2CC1COc2ccccc21. The van der Waals surface area contributed by atoms with E-state index in [1.54, 1.807) is 0 Å². The molecule has 1 aliphatic rings. The predicted octanol–water partition coefficient (Wildman–Crippen LogP) is 3.31. The number of benzene rings is 2. The second-order valence-electron chi connectivity index (χ2n) is 5.52. The molecule has 2 heterocycles. The summed E-state index contributed by atoms with van der Waals surface area (Å²) in [7, 11) is 0. The van der Waals surface area contributed by atoms with Gasteiger partial charge in [-0.2, -0.15) is 0 Å². The Bertz CT molecular complexity index is 791. The summed E-state index contributed by atoms with van der Waals surface area (Å²) in [5.41, 5.74) is 3.44. The first kappa shape index (κ1) is 12.5. The van der Waals surface area contributed by atoms with Crippen LogP contribution in [0.2, 0.25) is 0 Å². The molecule has 21 heavy (non-hydrogen) atoms. The Balaban J connectivity index is 1.70. The summed E-state index contributed by atoms with van der Waals surface area (Å²) in [5, 5.41) is 10.6. The van der Waals surface area contributed by atoms with Gasteiger partial charge in [-0.25, -0.2) is 0 Å². The highest BCUT2D eigenvalue weighted by Crippen LogP contribution is 2.35. The number of rotatable bonds is 3. The number of hydrogen-bond acceptors (Lipinski definition) is 2. The lowest BCUT2D eigenvalue weighted by Gasteiger charge is -2.12. The van der Waals surface area contributed by atoms with Crippen LogP contribution < -0.4 is 4.74 Å². The largest absolute Gasteiger partial charge is 0.493 e. The fourth-order valence-electron chi connectivity index (χ4n) is 3.20. The van der Waals surface area contributed by atoms with Gasteiger partial charge in [0.25, 0.3) is 0 Å². The topological polar surface area (TPSA) is 34.4 Å². The van der Waals surface area contributed by atoms with E-state index in [1.807, 2.05) is 24.3 Å². The molecule has 106 valence electrons. The standard InChI is InChI=1S/C18H17NO2/c20-11-13-4-3-6-17-15(13)8-9-19(17)10-14-12-21-18-7-2-1-5-16(14)18/h1-9,14,20H,10-12H2. The van der Waals surface area contributed by atoms with E-state index < -0.39 is 0 Å². The first-order valence-corrected chi connectivity index (χ1v) is 7.26. The summed E-state index contributed by atoms with van der Waals surface area (Å²) in [6, 6.07) is 16.4. The van der Waals surface area contributed by atoms with Gasteiger partial charge in [-0.3, -0.25) is 0 Å². The van der Waals surface area contributed by atoms with Crippen molar-refractivity contribution in [3.05, 3.63) is 65.9 Å². The summed E-state index contributed by atoms with van der Waals surface area (Å²) in [6.07, 6.45) is 2.10. The van der Waals surface area contributed by atoms with E-state index in [1.165, 1.54) is 11.1 Å². The van der Waals surface area contributed by atoms with Gasteiger partial charge < -0.3 is 14.4 Å². The minimum absolute atomic E-state index is 0.0801. The number of ether oxygens (including phenoxy) is 1. The monoisotopic (exact) mass is 279 g/mol. The van der Waals surface area contributed by atoms with Crippen molar-refractivity contribution in [2.45, 2.75) is 19.1 Å². The van der Waals surface area contributed by atoms with Gasteiger partial charge in [-0.15, -0.1) is 0 Å². The molecule has 0 bridgehead atoms. The lowest BCUT2D eigenvalue weighted by molar-refractivity contribution is 0.283. The van der Waals surface area contributed by atoms with Crippen LogP contribution >= 0.6 is 0 Å². The van der Waals surface area contributed by atoms with Crippen molar-refractivity contribution in [1.29, 1.82) is 0 Å². The number of aliphatic hydroxyl groups is 1. The zero-order valence-electron chi connectivity index (χ0n) is 11.7. The fraction of sp³-hybridized carbons (Fsp3) is 0.222. The maximum absolute atomic E-state index is 9.43. The van der Waals surface area contributed by atoms with Crippen LogP contribution in [0.15, 0.2) is 54.7 Å². The van der Waals surface area contributed by atoms with Gasteiger partial charge >= 0.3 is 0 Å². The van der Waals surface area contributed by atoms with Crippen LogP contribution in [0.4, 0.5) is 0 Å². The third kappa shape index (κ3) is 2.01. The molecule has 0 saturated carbocycles. The van der Waals surface area contributed by atoms with E-state index in [2.05, 4.69) is 35.0 Å². The quantitative estimate of drug-likeness (QED) is 0.798. The Kier molecular flexibility index (Phi) is 2.93. The zero-order chi connectivity index (χ0) is 14.2. The third-order valence-corrected chi connectivity index (χ3v) is 4.29. The van der Waals surface area contributed by atoms with Crippen LogP contribution in [0.25, 0.3) is 10.9 Å². The van der Waals surface area contributed by atoms with Crippen molar-refractivity contribution in [1.82, 2.24) is 4.57 Å². The number of nitrogens with zero attached hydrogens (tertiary/aromatic N) is 1. The highest BCUT2D eigenvalue weighted by atomic mass is 16.5. The summed E-state index contributed by atoms with van der Waals surface area (Å²) in [6.45, 7) is 1.71. The van der Waals surface area contributed by atoms with Gasteiger partial charge in [-0.05, 0) is 23.8 Å². The van der Waals surface area contributed by atoms with Crippen molar-refractivity contribution >= 4 is 10.9 Å².